The van der Waals surface area contributed by atoms with E-state index in [1.54, 1.807) is 0 Å². The van der Waals surface area contributed by atoms with Crippen molar-refractivity contribution < 1.29 is 9.84 Å². The predicted octanol–water partition coefficient (Wildman–Crippen LogP) is 3.36. The number of aliphatic hydroxyl groups excluding tert-OH is 1. The molecule has 0 aliphatic heterocycles. The summed E-state index contributed by atoms with van der Waals surface area (Å²) in [5.41, 5.74) is 0.314. The van der Waals surface area contributed by atoms with E-state index >= 15 is 0 Å². The summed E-state index contributed by atoms with van der Waals surface area (Å²) in [6.07, 6.45) is 6.86. The Morgan fingerprint density at radius 2 is 2.05 bits per heavy atom. The van der Waals surface area contributed by atoms with Crippen LogP contribution in [0.2, 0.25) is 0 Å². The van der Waals surface area contributed by atoms with Crippen LogP contribution in [-0.2, 0) is 4.74 Å². The standard InChI is InChI=1S/C17H35NO2/c1-5-11-18-17(14-19)9-6-7-15(17)8-12-20-13-10-16(2,3)4/h15,18-19H,5-14H2,1-4H3. The molecular formula is C17H35NO2. The lowest BCUT2D eigenvalue weighted by atomic mass is 9.85. The molecule has 2 atom stereocenters. The number of ether oxygens (including phenoxy) is 1. The summed E-state index contributed by atoms with van der Waals surface area (Å²) in [6, 6.07) is 0. The maximum Gasteiger partial charge on any atom is 0.0616 e. The minimum Gasteiger partial charge on any atom is -0.394 e. The van der Waals surface area contributed by atoms with Crippen molar-refractivity contribution >= 4 is 0 Å². The highest BCUT2D eigenvalue weighted by Crippen LogP contribution is 2.37. The molecule has 0 aromatic heterocycles. The van der Waals surface area contributed by atoms with Gasteiger partial charge in [0.15, 0.2) is 0 Å². The Morgan fingerprint density at radius 1 is 1.30 bits per heavy atom. The van der Waals surface area contributed by atoms with Crippen LogP contribution in [0.1, 0.15) is 66.2 Å². The molecule has 0 aromatic carbocycles. The minimum atomic E-state index is -0.0383. The molecule has 0 bridgehead atoms. The van der Waals surface area contributed by atoms with Crippen LogP contribution in [0.4, 0.5) is 0 Å². The topological polar surface area (TPSA) is 41.5 Å². The maximum absolute atomic E-state index is 9.82. The molecule has 0 heterocycles. The van der Waals surface area contributed by atoms with E-state index in [-0.39, 0.29) is 12.1 Å². The lowest BCUT2D eigenvalue weighted by Gasteiger charge is -2.35. The first-order chi connectivity index (χ1) is 9.43. The van der Waals surface area contributed by atoms with Gasteiger partial charge >= 0.3 is 0 Å². The van der Waals surface area contributed by atoms with E-state index in [1.807, 2.05) is 0 Å². The van der Waals surface area contributed by atoms with Gasteiger partial charge in [-0.15, -0.1) is 0 Å². The zero-order valence-electron chi connectivity index (χ0n) is 14.0. The number of aliphatic hydroxyl groups is 1. The van der Waals surface area contributed by atoms with Gasteiger partial charge in [0.1, 0.15) is 0 Å². The Bertz CT molecular complexity index is 262. The molecular weight excluding hydrogens is 250 g/mol. The van der Waals surface area contributed by atoms with E-state index in [9.17, 15) is 5.11 Å². The van der Waals surface area contributed by atoms with Crippen LogP contribution in [0.15, 0.2) is 0 Å². The normalized spacial score (nSPS) is 27.1. The van der Waals surface area contributed by atoms with Crippen molar-refractivity contribution in [3.63, 3.8) is 0 Å². The highest BCUT2D eigenvalue weighted by atomic mass is 16.5. The zero-order chi connectivity index (χ0) is 15.1. The Labute approximate surface area is 125 Å². The number of nitrogens with one attached hydrogen (secondary N) is 1. The summed E-state index contributed by atoms with van der Waals surface area (Å²) in [5, 5.41) is 13.4. The largest absolute Gasteiger partial charge is 0.394 e. The van der Waals surface area contributed by atoms with Gasteiger partial charge in [-0.3, -0.25) is 0 Å². The summed E-state index contributed by atoms with van der Waals surface area (Å²) in [6.45, 7) is 11.9. The van der Waals surface area contributed by atoms with E-state index < -0.39 is 0 Å². The molecule has 20 heavy (non-hydrogen) atoms. The van der Waals surface area contributed by atoms with Crippen molar-refractivity contribution in [3.05, 3.63) is 0 Å². The molecule has 2 unspecified atom stereocenters. The predicted molar refractivity (Wildman–Crippen MR) is 85.0 cm³/mol. The van der Waals surface area contributed by atoms with Crippen LogP contribution in [0.25, 0.3) is 0 Å². The SMILES string of the molecule is CCCNC1(CO)CCCC1CCOCCC(C)(C)C. The first kappa shape index (κ1) is 17.9. The fourth-order valence-electron chi connectivity index (χ4n) is 3.14. The third-order valence-electron chi connectivity index (χ3n) is 4.57. The smallest absolute Gasteiger partial charge is 0.0616 e. The summed E-state index contributed by atoms with van der Waals surface area (Å²) in [4.78, 5) is 0. The Kier molecular flexibility index (Phi) is 7.49. The molecule has 2 N–H and O–H groups in total. The molecule has 0 aromatic rings. The number of hydrogen-bond donors (Lipinski definition) is 2. The second kappa shape index (κ2) is 8.35. The first-order valence-corrected chi connectivity index (χ1v) is 8.37. The molecule has 1 aliphatic rings. The van der Waals surface area contributed by atoms with Crippen molar-refractivity contribution in [1.29, 1.82) is 0 Å². The van der Waals surface area contributed by atoms with E-state index in [2.05, 4.69) is 33.0 Å². The fourth-order valence-corrected chi connectivity index (χ4v) is 3.14. The second-order valence-corrected chi connectivity index (χ2v) is 7.54. The van der Waals surface area contributed by atoms with E-state index in [0.717, 1.165) is 45.4 Å². The highest BCUT2D eigenvalue weighted by molar-refractivity contribution is 4.98. The third-order valence-corrected chi connectivity index (χ3v) is 4.57. The van der Waals surface area contributed by atoms with Crippen LogP contribution in [0, 0.1) is 11.3 Å². The van der Waals surface area contributed by atoms with Gasteiger partial charge in [-0.25, -0.2) is 0 Å². The molecule has 0 saturated heterocycles. The summed E-state index contributed by atoms with van der Waals surface area (Å²) >= 11 is 0. The van der Waals surface area contributed by atoms with Gasteiger partial charge in [-0.1, -0.05) is 34.1 Å². The molecule has 1 aliphatic carbocycles. The van der Waals surface area contributed by atoms with Crippen LogP contribution in [0.3, 0.4) is 0 Å². The number of rotatable bonds is 9. The van der Waals surface area contributed by atoms with Gasteiger partial charge in [-0.2, -0.15) is 0 Å². The molecule has 120 valence electrons. The third kappa shape index (κ3) is 5.71. The minimum absolute atomic E-state index is 0.0383. The Hall–Kier alpha value is -0.120. The van der Waals surface area contributed by atoms with Gasteiger partial charge in [0, 0.05) is 18.8 Å². The molecule has 1 rings (SSSR count). The van der Waals surface area contributed by atoms with Crippen molar-refractivity contribution in [2.45, 2.75) is 71.8 Å². The fraction of sp³-hybridized carbons (Fsp3) is 1.00. The van der Waals surface area contributed by atoms with Crippen LogP contribution >= 0.6 is 0 Å². The second-order valence-electron chi connectivity index (χ2n) is 7.54. The molecule has 0 spiro atoms. The molecule has 1 saturated carbocycles. The van der Waals surface area contributed by atoms with Crippen molar-refractivity contribution in [1.82, 2.24) is 5.32 Å². The first-order valence-electron chi connectivity index (χ1n) is 8.37. The Morgan fingerprint density at radius 3 is 2.65 bits per heavy atom. The maximum atomic E-state index is 9.82. The average Bonchev–Trinajstić information content (AvgIpc) is 2.78. The lowest BCUT2D eigenvalue weighted by Crippen LogP contribution is -2.51. The van der Waals surface area contributed by atoms with Crippen LogP contribution in [0.5, 0.6) is 0 Å². The van der Waals surface area contributed by atoms with Gasteiger partial charge in [0.05, 0.1) is 6.61 Å². The van der Waals surface area contributed by atoms with Crippen LogP contribution < -0.4 is 5.32 Å². The molecule has 1 fully saturated rings. The van der Waals surface area contributed by atoms with Crippen LogP contribution in [-0.4, -0.2) is 37.0 Å². The Balaban J connectivity index is 2.30. The molecule has 0 radical (unpaired) electrons. The molecule has 0 amide bonds. The summed E-state index contributed by atoms with van der Waals surface area (Å²) in [7, 11) is 0. The van der Waals surface area contributed by atoms with Gasteiger partial charge in [-0.05, 0) is 50.0 Å². The van der Waals surface area contributed by atoms with E-state index in [4.69, 9.17) is 4.74 Å². The van der Waals surface area contributed by atoms with Gasteiger partial charge in [0.25, 0.3) is 0 Å². The molecule has 3 heteroatoms. The van der Waals surface area contributed by atoms with Gasteiger partial charge in [0.2, 0.25) is 0 Å². The summed E-state index contributed by atoms with van der Waals surface area (Å²) < 4.78 is 5.80. The van der Waals surface area contributed by atoms with Crippen molar-refractivity contribution in [2.75, 3.05) is 26.4 Å². The quantitative estimate of drug-likeness (QED) is 0.638. The molecule has 3 nitrogen and oxygen atoms in total. The average molecular weight is 285 g/mol. The zero-order valence-corrected chi connectivity index (χ0v) is 14.0. The van der Waals surface area contributed by atoms with Gasteiger partial charge < -0.3 is 15.2 Å². The monoisotopic (exact) mass is 285 g/mol. The van der Waals surface area contributed by atoms with E-state index in [1.165, 1.54) is 12.8 Å². The lowest BCUT2D eigenvalue weighted by molar-refractivity contribution is 0.0689. The van der Waals surface area contributed by atoms with Crippen molar-refractivity contribution in [2.24, 2.45) is 11.3 Å². The summed E-state index contributed by atoms with van der Waals surface area (Å²) in [5.74, 6) is 0.564. The van der Waals surface area contributed by atoms with Crippen molar-refractivity contribution in [3.8, 4) is 0 Å². The van der Waals surface area contributed by atoms with E-state index in [0.29, 0.717) is 11.3 Å². The highest BCUT2D eigenvalue weighted by Gasteiger charge is 2.41. The number of hydrogen-bond acceptors (Lipinski definition) is 3.